The number of aryl methyl sites for hydroxylation is 1. The number of hydrogen-bond donors (Lipinski definition) is 2. The van der Waals surface area contributed by atoms with Crippen LogP contribution in [0.15, 0.2) is 12.1 Å². The lowest BCUT2D eigenvalue weighted by atomic mass is 9.79. The lowest BCUT2D eigenvalue weighted by molar-refractivity contribution is 0.423. The van der Waals surface area contributed by atoms with Gasteiger partial charge in [-0.2, -0.15) is 0 Å². The molecule has 0 spiro atoms. The van der Waals surface area contributed by atoms with Crippen LogP contribution in [0.1, 0.15) is 12.5 Å². The van der Waals surface area contributed by atoms with Crippen molar-refractivity contribution < 1.29 is 14.4 Å². The zero-order valence-electron chi connectivity index (χ0n) is 7.09. The molecule has 0 saturated carbocycles. The molecule has 1 aromatic rings. The summed E-state index contributed by atoms with van der Waals surface area (Å²) >= 11 is 5.54. The first-order valence-corrected chi connectivity index (χ1v) is 4.28. The molecule has 0 saturated heterocycles. The van der Waals surface area contributed by atoms with Gasteiger partial charge in [-0.25, -0.2) is 4.39 Å². The second-order valence-electron chi connectivity index (χ2n) is 2.71. The molecular formula is C8H9BClFO2. The Labute approximate surface area is 81.1 Å². The van der Waals surface area contributed by atoms with E-state index in [9.17, 15) is 4.39 Å². The van der Waals surface area contributed by atoms with Crippen LogP contribution < -0.4 is 5.46 Å². The standard InChI is InChI=1S/C8H9BClFO2/c1-2-5-3-6(9(12)13)8(11)7(10)4-5/h3-4,12-13H,2H2,1H3. The summed E-state index contributed by atoms with van der Waals surface area (Å²) in [5, 5.41) is 17.5. The van der Waals surface area contributed by atoms with Gasteiger partial charge in [0, 0.05) is 5.46 Å². The van der Waals surface area contributed by atoms with E-state index in [4.69, 9.17) is 21.6 Å². The third kappa shape index (κ3) is 2.21. The highest BCUT2D eigenvalue weighted by molar-refractivity contribution is 6.59. The lowest BCUT2D eigenvalue weighted by Crippen LogP contribution is -2.33. The summed E-state index contributed by atoms with van der Waals surface area (Å²) < 4.78 is 13.1. The first kappa shape index (κ1) is 10.5. The minimum atomic E-state index is -1.82. The molecule has 0 unspecified atom stereocenters. The van der Waals surface area contributed by atoms with Crippen LogP contribution in [0, 0.1) is 5.82 Å². The summed E-state index contributed by atoms with van der Waals surface area (Å²) in [6.07, 6.45) is 0.666. The maximum Gasteiger partial charge on any atom is 0.491 e. The summed E-state index contributed by atoms with van der Waals surface area (Å²) in [5.74, 6) is -0.770. The van der Waals surface area contributed by atoms with Crippen LogP contribution in [0.5, 0.6) is 0 Å². The Balaban J connectivity index is 3.25. The van der Waals surface area contributed by atoms with Crippen molar-refractivity contribution in [3.63, 3.8) is 0 Å². The van der Waals surface area contributed by atoms with Gasteiger partial charge >= 0.3 is 7.12 Å². The van der Waals surface area contributed by atoms with E-state index in [1.807, 2.05) is 6.92 Å². The zero-order chi connectivity index (χ0) is 10.0. The number of benzene rings is 1. The Bertz CT molecular complexity index is 317. The van der Waals surface area contributed by atoms with E-state index in [0.717, 1.165) is 5.56 Å². The van der Waals surface area contributed by atoms with Gasteiger partial charge in [-0.1, -0.05) is 24.6 Å². The quantitative estimate of drug-likeness (QED) is 0.694. The highest BCUT2D eigenvalue weighted by atomic mass is 35.5. The largest absolute Gasteiger partial charge is 0.491 e. The van der Waals surface area contributed by atoms with Crippen molar-refractivity contribution in [2.24, 2.45) is 0 Å². The first-order chi connectivity index (χ1) is 6.06. The molecule has 0 fully saturated rings. The van der Waals surface area contributed by atoms with Gasteiger partial charge in [-0.15, -0.1) is 0 Å². The molecule has 1 rings (SSSR count). The van der Waals surface area contributed by atoms with E-state index in [0.29, 0.717) is 6.42 Å². The Morgan fingerprint density at radius 3 is 2.54 bits per heavy atom. The summed E-state index contributed by atoms with van der Waals surface area (Å²) in [5.41, 5.74) is 0.596. The van der Waals surface area contributed by atoms with Crippen LogP contribution >= 0.6 is 11.6 Å². The van der Waals surface area contributed by atoms with Crippen molar-refractivity contribution in [2.45, 2.75) is 13.3 Å². The highest BCUT2D eigenvalue weighted by Crippen LogP contribution is 2.15. The average Bonchev–Trinajstić information content (AvgIpc) is 2.09. The van der Waals surface area contributed by atoms with Crippen molar-refractivity contribution in [1.82, 2.24) is 0 Å². The van der Waals surface area contributed by atoms with Crippen molar-refractivity contribution in [3.05, 3.63) is 28.5 Å². The summed E-state index contributed by atoms with van der Waals surface area (Å²) in [6, 6.07) is 2.87. The summed E-state index contributed by atoms with van der Waals surface area (Å²) in [7, 11) is -1.82. The molecule has 0 bridgehead atoms. The molecule has 1 aromatic carbocycles. The van der Waals surface area contributed by atoms with Crippen molar-refractivity contribution in [3.8, 4) is 0 Å². The van der Waals surface area contributed by atoms with Crippen LogP contribution in [0.25, 0.3) is 0 Å². The molecule has 5 heteroatoms. The highest BCUT2D eigenvalue weighted by Gasteiger charge is 2.19. The fourth-order valence-electron chi connectivity index (χ4n) is 1.06. The van der Waals surface area contributed by atoms with Crippen molar-refractivity contribution in [2.75, 3.05) is 0 Å². The van der Waals surface area contributed by atoms with Gasteiger partial charge < -0.3 is 10.0 Å². The molecule has 0 aliphatic rings. The second kappa shape index (κ2) is 4.09. The molecule has 2 N–H and O–H groups in total. The monoisotopic (exact) mass is 202 g/mol. The third-order valence-electron chi connectivity index (χ3n) is 1.80. The SMILES string of the molecule is CCc1cc(Cl)c(F)c(B(O)O)c1. The first-order valence-electron chi connectivity index (χ1n) is 3.90. The van der Waals surface area contributed by atoms with Crippen LogP contribution in [0.2, 0.25) is 5.02 Å². The van der Waals surface area contributed by atoms with E-state index in [2.05, 4.69) is 0 Å². The van der Waals surface area contributed by atoms with E-state index in [1.54, 1.807) is 0 Å². The molecule has 13 heavy (non-hydrogen) atoms. The van der Waals surface area contributed by atoms with E-state index < -0.39 is 12.9 Å². The molecule has 0 amide bonds. The average molecular weight is 202 g/mol. The molecule has 0 aliphatic heterocycles. The van der Waals surface area contributed by atoms with Gasteiger partial charge in [-0.3, -0.25) is 0 Å². The smallest absolute Gasteiger partial charge is 0.423 e. The molecule has 0 radical (unpaired) electrons. The molecule has 70 valence electrons. The van der Waals surface area contributed by atoms with Crippen LogP contribution in [-0.4, -0.2) is 17.2 Å². The van der Waals surface area contributed by atoms with E-state index >= 15 is 0 Å². The minimum absolute atomic E-state index is 0.0811. The Morgan fingerprint density at radius 2 is 2.08 bits per heavy atom. The van der Waals surface area contributed by atoms with Crippen LogP contribution in [0.3, 0.4) is 0 Å². The minimum Gasteiger partial charge on any atom is -0.423 e. The molecule has 0 aliphatic carbocycles. The maximum absolute atomic E-state index is 13.1. The van der Waals surface area contributed by atoms with Gasteiger partial charge in [0.1, 0.15) is 5.82 Å². The predicted molar refractivity (Wildman–Crippen MR) is 50.6 cm³/mol. The van der Waals surface area contributed by atoms with Crippen molar-refractivity contribution >= 4 is 24.2 Å². The number of halogens is 2. The van der Waals surface area contributed by atoms with Gasteiger partial charge in [0.15, 0.2) is 0 Å². The van der Waals surface area contributed by atoms with Gasteiger partial charge in [0.2, 0.25) is 0 Å². The topological polar surface area (TPSA) is 40.5 Å². The lowest BCUT2D eigenvalue weighted by Gasteiger charge is -2.06. The van der Waals surface area contributed by atoms with E-state index in [1.165, 1.54) is 12.1 Å². The van der Waals surface area contributed by atoms with Gasteiger partial charge in [0.25, 0.3) is 0 Å². The number of hydrogen-bond acceptors (Lipinski definition) is 2. The third-order valence-corrected chi connectivity index (χ3v) is 2.08. The summed E-state index contributed by atoms with van der Waals surface area (Å²) in [6.45, 7) is 1.87. The van der Waals surface area contributed by atoms with Gasteiger partial charge in [-0.05, 0) is 18.1 Å². The zero-order valence-corrected chi connectivity index (χ0v) is 7.85. The molecule has 0 aromatic heterocycles. The normalized spacial score (nSPS) is 10.2. The Hall–Kier alpha value is -0.575. The molecule has 0 atom stereocenters. The fourth-order valence-corrected chi connectivity index (χ4v) is 1.31. The molecule has 2 nitrogen and oxygen atoms in total. The van der Waals surface area contributed by atoms with Crippen LogP contribution in [0.4, 0.5) is 4.39 Å². The van der Waals surface area contributed by atoms with E-state index in [-0.39, 0.29) is 10.5 Å². The second-order valence-corrected chi connectivity index (χ2v) is 3.12. The van der Waals surface area contributed by atoms with Crippen LogP contribution in [-0.2, 0) is 6.42 Å². The maximum atomic E-state index is 13.1. The van der Waals surface area contributed by atoms with Gasteiger partial charge in [0.05, 0.1) is 5.02 Å². The molecule has 0 heterocycles. The fraction of sp³-hybridized carbons (Fsp3) is 0.250. The summed E-state index contributed by atoms with van der Waals surface area (Å²) in [4.78, 5) is 0. The number of rotatable bonds is 2. The van der Waals surface area contributed by atoms with Crippen molar-refractivity contribution in [1.29, 1.82) is 0 Å². The molecular weight excluding hydrogens is 193 g/mol. The Kier molecular flexibility index (Phi) is 3.30. The predicted octanol–water partition coefficient (Wildman–Crippen LogP) is 0.721. The Morgan fingerprint density at radius 1 is 1.46 bits per heavy atom.